The van der Waals surface area contributed by atoms with Crippen LogP contribution in [0.5, 0.6) is 5.75 Å². The van der Waals surface area contributed by atoms with Crippen LogP contribution in [0.2, 0.25) is 0 Å². The Hall–Kier alpha value is -2.23. The van der Waals surface area contributed by atoms with Gasteiger partial charge in [-0.2, -0.15) is 25.3 Å². The number of aromatic hydroxyl groups is 1. The molecule has 1 unspecified atom stereocenters. The van der Waals surface area contributed by atoms with Crippen LogP contribution in [0.1, 0.15) is 48.6 Å². The van der Waals surface area contributed by atoms with E-state index in [1.54, 1.807) is 18.7 Å². The molecule has 9 heteroatoms. The highest BCUT2D eigenvalue weighted by Gasteiger charge is 2.39. The number of aliphatic hydroxyl groups is 1. The van der Waals surface area contributed by atoms with Crippen molar-refractivity contribution < 1.29 is 24.5 Å². The number of likely N-dealkylation sites (tertiary alicyclic amines) is 1. The zero-order chi connectivity index (χ0) is 24.2. The fourth-order valence-electron chi connectivity index (χ4n) is 4.16. The molecule has 1 fully saturated rings. The van der Waals surface area contributed by atoms with E-state index in [1.165, 1.54) is 6.20 Å². The number of aromatic nitrogens is 1. The molecular formula is C24H30N2O5S2. The fourth-order valence-corrected chi connectivity index (χ4v) is 5.09. The molecule has 7 nitrogen and oxygen atoms in total. The Morgan fingerprint density at radius 2 is 2.00 bits per heavy atom. The van der Waals surface area contributed by atoms with E-state index in [1.807, 2.05) is 30.3 Å². The standard InChI is InChI=1S/C24H30N2O5S2/c1-15(11-24(32,33)19-12-25-16(2)21(28)18(19)13-27)22(29)26-10-6-9-20(26)23(30)31-14-17-7-4-3-5-8-17/h3-5,7-8,12,15,20,27-28,32-33H,6,9-11,13-14H2,1-2H3/t15?,20-/m0/s1. The molecule has 178 valence electrons. The van der Waals surface area contributed by atoms with E-state index in [4.69, 9.17) is 4.74 Å². The van der Waals surface area contributed by atoms with Gasteiger partial charge in [-0.3, -0.25) is 9.78 Å². The fraction of sp³-hybridized carbons (Fsp3) is 0.458. The first kappa shape index (κ1) is 25.4. The monoisotopic (exact) mass is 490 g/mol. The summed E-state index contributed by atoms with van der Waals surface area (Å²) in [6.07, 6.45) is 3.00. The van der Waals surface area contributed by atoms with E-state index >= 15 is 0 Å². The van der Waals surface area contributed by atoms with Gasteiger partial charge in [-0.15, -0.1) is 0 Å². The van der Waals surface area contributed by atoms with Crippen molar-refractivity contribution in [3.8, 4) is 5.75 Å². The molecule has 1 saturated heterocycles. The molecule has 1 aromatic heterocycles. The van der Waals surface area contributed by atoms with Gasteiger partial charge in [-0.25, -0.2) is 4.79 Å². The molecule has 1 aliphatic rings. The highest BCUT2D eigenvalue weighted by molar-refractivity contribution is 7.99. The second-order valence-corrected chi connectivity index (χ2v) is 10.3. The quantitative estimate of drug-likeness (QED) is 0.257. The van der Waals surface area contributed by atoms with Crippen LogP contribution in [-0.2, 0) is 31.6 Å². The maximum Gasteiger partial charge on any atom is 0.329 e. The third-order valence-electron chi connectivity index (χ3n) is 5.97. The average Bonchev–Trinajstić information content (AvgIpc) is 3.28. The summed E-state index contributed by atoms with van der Waals surface area (Å²) in [6, 6.07) is 8.79. The van der Waals surface area contributed by atoms with E-state index in [0.717, 1.165) is 12.0 Å². The largest absolute Gasteiger partial charge is 0.506 e. The van der Waals surface area contributed by atoms with Crippen LogP contribution in [0.15, 0.2) is 36.5 Å². The van der Waals surface area contributed by atoms with Crippen LogP contribution < -0.4 is 0 Å². The SMILES string of the molecule is Cc1ncc(C(S)(S)CC(C)C(=O)N2CCC[C@H]2C(=O)OCc2ccccc2)c(CO)c1O. The number of carbonyl (C=O) groups is 2. The predicted molar refractivity (Wildman–Crippen MR) is 131 cm³/mol. The van der Waals surface area contributed by atoms with Crippen molar-refractivity contribution in [3.05, 3.63) is 58.9 Å². The van der Waals surface area contributed by atoms with Crippen molar-refractivity contribution in [1.82, 2.24) is 9.88 Å². The lowest BCUT2D eigenvalue weighted by molar-refractivity contribution is -0.155. The lowest BCUT2D eigenvalue weighted by Gasteiger charge is -2.31. The highest BCUT2D eigenvalue weighted by Crippen LogP contribution is 2.43. The number of hydrogen-bond acceptors (Lipinski definition) is 8. The number of benzene rings is 1. The molecule has 3 rings (SSSR count). The van der Waals surface area contributed by atoms with E-state index in [9.17, 15) is 19.8 Å². The van der Waals surface area contributed by atoms with Gasteiger partial charge in [-0.1, -0.05) is 37.3 Å². The van der Waals surface area contributed by atoms with Crippen LogP contribution >= 0.6 is 25.3 Å². The number of nitrogens with zero attached hydrogens (tertiary/aromatic N) is 2. The smallest absolute Gasteiger partial charge is 0.329 e. The predicted octanol–water partition coefficient (Wildman–Crippen LogP) is 3.36. The number of pyridine rings is 1. The Morgan fingerprint density at radius 1 is 1.30 bits per heavy atom. The minimum atomic E-state index is -1.13. The van der Waals surface area contributed by atoms with Gasteiger partial charge in [0.25, 0.3) is 0 Å². The molecular weight excluding hydrogens is 460 g/mol. The van der Waals surface area contributed by atoms with Gasteiger partial charge in [0.05, 0.1) is 16.4 Å². The number of aryl methyl sites for hydroxylation is 1. The number of ether oxygens (including phenoxy) is 1. The molecule has 1 amide bonds. The molecule has 0 spiro atoms. The van der Waals surface area contributed by atoms with E-state index < -0.39 is 28.6 Å². The number of esters is 1. The van der Waals surface area contributed by atoms with Crippen molar-refractivity contribution in [1.29, 1.82) is 0 Å². The molecule has 0 radical (unpaired) electrons. The van der Waals surface area contributed by atoms with Crippen molar-refractivity contribution in [3.63, 3.8) is 0 Å². The zero-order valence-corrected chi connectivity index (χ0v) is 20.6. The van der Waals surface area contributed by atoms with Crippen LogP contribution in [0.25, 0.3) is 0 Å². The summed E-state index contributed by atoms with van der Waals surface area (Å²) in [5.74, 6) is -1.22. The third-order valence-corrected chi connectivity index (χ3v) is 6.82. The lowest BCUT2D eigenvalue weighted by Crippen LogP contribution is -2.44. The molecule has 2 heterocycles. The van der Waals surface area contributed by atoms with E-state index in [-0.39, 0.29) is 30.2 Å². The summed E-state index contributed by atoms with van der Waals surface area (Å²) >= 11 is 9.27. The highest BCUT2D eigenvalue weighted by atomic mass is 32.2. The minimum absolute atomic E-state index is 0.109. The molecule has 0 bridgehead atoms. The lowest BCUT2D eigenvalue weighted by atomic mass is 9.95. The van der Waals surface area contributed by atoms with Gasteiger partial charge in [-0.05, 0) is 31.7 Å². The minimum Gasteiger partial charge on any atom is -0.506 e. The summed E-state index contributed by atoms with van der Waals surface area (Å²) < 4.78 is 4.34. The van der Waals surface area contributed by atoms with E-state index in [2.05, 4.69) is 30.2 Å². The van der Waals surface area contributed by atoms with Crippen molar-refractivity contribution in [2.24, 2.45) is 5.92 Å². The second-order valence-electron chi connectivity index (χ2n) is 8.45. The maximum absolute atomic E-state index is 13.3. The Morgan fingerprint density at radius 3 is 2.67 bits per heavy atom. The first-order chi connectivity index (χ1) is 15.7. The number of hydrogen-bond donors (Lipinski definition) is 4. The Balaban J connectivity index is 1.68. The van der Waals surface area contributed by atoms with E-state index in [0.29, 0.717) is 24.2 Å². The molecule has 33 heavy (non-hydrogen) atoms. The summed E-state index contributed by atoms with van der Waals surface area (Å²) in [4.78, 5) is 31.7. The van der Waals surface area contributed by atoms with Crippen LogP contribution in [-0.4, -0.2) is 44.6 Å². The average molecular weight is 491 g/mol. The summed E-state index contributed by atoms with van der Waals surface area (Å²) in [7, 11) is 0. The molecule has 1 aliphatic heterocycles. The Bertz CT molecular complexity index is 1000. The van der Waals surface area contributed by atoms with Gasteiger partial charge >= 0.3 is 5.97 Å². The molecule has 1 aromatic carbocycles. The van der Waals surface area contributed by atoms with Gasteiger partial charge in [0.15, 0.2) is 0 Å². The second kappa shape index (κ2) is 10.8. The first-order valence-electron chi connectivity index (χ1n) is 10.9. The molecule has 2 atom stereocenters. The maximum atomic E-state index is 13.3. The van der Waals surface area contributed by atoms with Crippen LogP contribution in [0.4, 0.5) is 0 Å². The summed E-state index contributed by atoms with van der Waals surface area (Å²) in [5, 5.41) is 20.0. The molecule has 2 N–H and O–H groups in total. The number of aliphatic hydroxyl groups excluding tert-OH is 1. The van der Waals surface area contributed by atoms with Crippen molar-refractivity contribution >= 4 is 37.1 Å². The molecule has 0 aliphatic carbocycles. The van der Waals surface area contributed by atoms with Gasteiger partial charge in [0.1, 0.15) is 18.4 Å². The summed E-state index contributed by atoms with van der Waals surface area (Å²) in [6.45, 7) is 3.63. The van der Waals surface area contributed by atoms with Crippen molar-refractivity contribution in [2.45, 2.75) is 56.4 Å². The van der Waals surface area contributed by atoms with Crippen LogP contribution in [0, 0.1) is 12.8 Å². The topological polar surface area (TPSA) is 100.0 Å². The van der Waals surface area contributed by atoms with Gasteiger partial charge in [0, 0.05) is 29.8 Å². The van der Waals surface area contributed by atoms with Gasteiger partial charge < -0.3 is 19.8 Å². The van der Waals surface area contributed by atoms with Gasteiger partial charge in [0.2, 0.25) is 5.91 Å². The first-order valence-corrected chi connectivity index (χ1v) is 11.8. The zero-order valence-electron chi connectivity index (χ0n) is 18.8. The Kier molecular flexibility index (Phi) is 8.31. The number of amides is 1. The number of rotatable bonds is 8. The molecule has 2 aromatic rings. The third kappa shape index (κ3) is 5.83. The summed E-state index contributed by atoms with van der Waals surface area (Å²) in [5.41, 5.74) is 2.01. The number of carbonyl (C=O) groups excluding carboxylic acids is 2. The van der Waals surface area contributed by atoms with Crippen LogP contribution in [0.3, 0.4) is 0 Å². The normalized spacial score (nSPS) is 17.1. The molecule has 0 saturated carbocycles. The Labute approximate surface area is 205 Å². The number of thiol groups is 2. The van der Waals surface area contributed by atoms with Crippen molar-refractivity contribution in [2.75, 3.05) is 6.54 Å².